The van der Waals surface area contributed by atoms with E-state index in [1.54, 1.807) is 48.5 Å². The first kappa shape index (κ1) is 18.1. The second-order valence-electron chi connectivity index (χ2n) is 8.38. The van der Waals surface area contributed by atoms with Gasteiger partial charge in [-0.15, -0.1) is 0 Å². The lowest BCUT2D eigenvalue weighted by Crippen LogP contribution is -2.44. The second kappa shape index (κ2) is 7.14. The highest BCUT2D eigenvalue weighted by Crippen LogP contribution is 2.36. The average Bonchev–Trinajstić information content (AvgIpc) is 3.03. The van der Waals surface area contributed by atoms with Crippen LogP contribution >= 0.6 is 0 Å². The standard InChI is InChI=1S/C24H24N2O3/c27-22(25-14-13-16-5-1-2-6-18(16)15-25)17-9-11-19(12-10-17)26-23(28)20-7-3-4-8-21(20)24(26)29/h3-4,7-12,16,18H,1-2,5-6,13-15H2/t16-,18-/m1/s1. The van der Waals surface area contributed by atoms with E-state index in [-0.39, 0.29) is 17.7 Å². The summed E-state index contributed by atoms with van der Waals surface area (Å²) in [5, 5.41) is 0. The Morgan fingerprint density at radius 1 is 0.793 bits per heavy atom. The number of hydrogen-bond donors (Lipinski definition) is 0. The minimum absolute atomic E-state index is 0.0444. The number of imide groups is 1. The summed E-state index contributed by atoms with van der Waals surface area (Å²) in [7, 11) is 0. The molecule has 2 heterocycles. The third-order valence-corrected chi connectivity index (χ3v) is 6.74. The molecule has 3 aliphatic rings. The molecular weight excluding hydrogens is 364 g/mol. The Balaban J connectivity index is 1.33. The minimum atomic E-state index is -0.316. The van der Waals surface area contributed by atoms with Crippen LogP contribution < -0.4 is 4.90 Å². The molecule has 0 bridgehead atoms. The summed E-state index contributed by atoms with van der Waals surface area (Å²) in [6, 6.07) is 13.7. The van der Waals surface area contributed by atoms with Crippen LogP contribution in [0.15, 0.2) is 48.5 Å². The predicted octanol–water partition coefficient (Wildman–Crippen LogP) is 4.14. The highest BCUT2D eigenvalue weighted by Gasteiger charge is 2.37. The van der Waals surface area contributed by atoms with Gasteiger partial charge in [-0.1, -0.05) is 31.4 Å². The smallest absolute Gasteiger partial charge is 0.266 e. The molecular formula is C24H24N2O3. The molecule has 5 rings (SSSR count). The van der Waals surface area contributed by atoms with Crippen molar-refractivity contribution in [1.29, 1.82) is 0 Å². The van der Waals surface area contributed by atoms with Crippen LogP contribution in [0.5, 0.6) is 0 Å². The number of anilines is 1. The summed E-state index contributed by atoms with van der Waals surface area (Å²) in [5.74, 6) is 0.832. The molecule has 2 atom stereocenters. The Bertz CT molecular complexity index is 947. The summed E-state index contributed by atoms with van der Waals surface area (Å²) in [6.45, 7) is 1.67. The van der Waals surface area contributed by atoms with Crippen molar-refractivity contribution in [2.75, 3.05) is 18.0 Å². The van der Waals surface area contributed by atoms with Gasteiger partial charge in [-0.05, 0) is 61.1 Å². The summed E-state index contributed by atoms with van der Waals surface area (Å²) in [5.41, 5.74) is 1.96. The number of nitrogens with zero attached hydrogens (tertiary/aromatic N) is 2. The van der Waals surface area contributed by atoms with Crippen LogP contribution in [0.1, 0.15) is 63.2 Å². The SMILES string of the molecule is O=C(c1ccc(N2C(=O)c3ccccc3C2=O)cc1)N1CC[C@H]2CCCC[C@@H]2C1. The van der Waals surface area contributed by atoms with Gasteiger partial charge in [-0.25, -0.2) is 4.90 Å². The van der Waals surface area contributed by atoms with Crippen molar-refractivity contribution in [3.8, 4) is 0 Å². The second-order valence-corrected chi connectivity index (χ2v) is 8.38. The summed E-state index contributed by atoms with van der Waals surface area (Å²) in [4.78, 5) is 41.4. The highest BCUT2D eigenvalue weighted by atomic mass is 16.2. The van der Waals surface area contributed by atoms with E-state index in [9.17, 15) is 14.4 Å². The number of rotatable bonds is 2. The van der Waals surface area contributed by atoms with Crippen LogP contribution in [0.3, 0.4) is 0 Å². The van der Waals surface area contributed by atoms with E-state index in [1.165, 1.54) is 30.6 Å². The number of hydrogen-bond acceptors (Lipinski definition) is 3. The molecule has 3 amide bonds. The monoisotopic (exact) mass is 388 g/mol. The van der Waals surface area contributed by atoms with E-state index in [0.29, 0.717) is 28.3 Å². The Labute approximate surface area is 170 Å². The van der Waals surface area contributed by atoms with Gasteiger partial charge < -0.3 is 4.90 Å². The van der Waals surface area contributed by atoms with Crippen LogP contribution in [0.2, 0.25) is 0 Å². The van der Waals surface area contributed by atoms with E-state index in [4.69, 9.17) is 0 Å². The fourth-order valence-electron chi connectivity index (χ4n) is 5.14. The van der Waals surface area contributed by atoms with Crippen molar-refractivity contribution in [3.05, 3.63) is 65.2 Å². The lowest BCUT2D eigenvalue weighted by molar-refractivity contribution is 0.0521. The van der Waals surface area contributed by atoms with E-state index < -0.39 is 0 Å². The van der Waals surface area contributed by atoms with Gasteiger partial charge in [0.05, 0.1) is 16.8 Å². The summed E-state index contributed by atoms with van der Waals surface area (Å²) in [6.07, 6.45) is 6.24. The van der Waals surface area contributed by atoms with Crippen LogP contribution in [-0.4, -0.2) is 35.7 Å². The van der Waals surface area contributed by atoms with Gasteiger partial charge in [0.1, 0.15) is 0 Å². The van der Waals surface area contributed by atoms with Gasteiger partial charge in [0.15, 0.2) is 0 Å². The summed E-state index contributed by atoms with van der Waals surface area (Å²) < 4.78 is 0. The topological polar surface area (TPSA) is 57.7 Å². The van der Waals surface area contributed by atoms with Crippen LogP contribution in [0.25, 0.3) is 0 Å². The Kier molecular flexibility index (Phi) is 4.46. The number of amides is 3. The number of likely N-dealkylation sites (tertiary alicyclic amines) is 1. The van der Waals surface area contributed by atoms with Crippen LogP contribution in [0, 0.1) is 11.8 Å². The Morgan fingerprint density at radius 3 is 2.07 bits per heavy atom. The van der Waals surface area contributed by atoms with E-state index in [0.717, 1.165) is 25.4 Å². The number of carbonyl (C=O) groups excluding carboxylic acids is 3. The number of benzene rings is 2. The fourth-order valence-corrected chi connectivity index (χ4v) is 5.14. The molecule has 2 fully saturated rings. The predicted molar refractivity (Wildman–Crippen MR) is 110 cm³/mol. The molecule has 1 saturated heterocycles. The molecule has 0 aromatic heterocycles. The van der Waals surface area contributed by atoms with Crippen molar-refractivity contribution in [3.63, 3.8) is 0 Å². The Morgan fingerprint density at radius 2 is 1.41 bits per heavy atom. The molecule has 2 aromatic carbocycles. The first-order valence-corrected chi connectivity index (χ1v) is 10.5. The maximum atomic E-state index is 13.0. The van der Waals surface area contributed by atoms with Crippen molar-refractivity contribution in [2.45, 2.75) is 32.1 Å². The maximum absolute atomic E-state index is 13.0. The van der Waals surface area contributed by atoms with Gasteiger partial charge >= 0.3 is 0 Å². The van der Waals surface area contributed by atoms with Crippen LogP contribution in [0.4, 0.5) is 5.69 Å². The van der Waals surface area contributed by atoms with Crippen molar-refractivity contribution < 1.29 is 14.4 Å². The lowest BCUT2D eigenvalue weighted by Gasteiger charge is -2.41. The molecule has 0 radical (unpaired) electrons. The van der Waals surface area contributed by atoms with Crippen molar-refractivity contribution in [2.24, 2.45) is 11.8 Å². The first-order valence-electron chi connectivity index (χ1n) is 10.5. The van der Waals surface area contributed by atoms with E-state index in [2.05, 4.69) is 0 Å². The third-order valence-electron chi connectivity index (χ3n) is 6.74. The van der Waals surface area contributed by atoms with Crippen molar-refractivity contribution in [1.82, 2.24) is 4.90 Å². The zero-order chi connectivity index (χ0) is 20.0. The highest BCUT2D eigenvalue weighted by molar-refractivity contribution is 6.34. The molecule has 1 saturated carbocycles. The van der Waals surface area contributed by atoms with E-state index in [1.807, 2.05) is 4.90 Å². The molecule has 5 nitrogen and oxygen atoms in total. The largest absolute Gasteiger partial charge is 0.338 e. The molecule has 0 unspecified atom stereocenters. The minimum Gasteiger partial charge on any atom is -0.338 e. The molecule has 0 spiro atoms. The third kappa shape index (κ3) is 3.05. The summed E-state index contributed by atoms with van der Waals surface area (Å²) >= 11 is 0. The molecule has 1 aliphatic carbocycles. The Hall–Kier alpha value is -2.95. The zero-order valence-corrected chi connectivity index (χ0v) is 16.3. The lowest BCUT2D eigenvalue weighted by atomic mass is 9.75. The zero-order valence-electron chi connectivity index (χ0n) is 16.3. The van der Waals surface area contributed by atoms with Gasteiger partial charge in [0.25, 0.3) is 17.7 Å². The van der Waals surface area contributed by atoms with Crippen LogP contribution in [-0.2, 0) is 0 Å². The quantitative estimate of drug-likeness (QED) is 0.727. The van der Waals surface area contributed by atoms with Gasteiger partial charge in [-0.2, -0.15) is 0 Å². The normalized spacial score (nSPS) is 23.7. The molecule has 148 valence electrons. The van der Waals surface area contributed by atoms with Gasteiger partial charge in [0, 0.05) is 18.7 Å². The van der Waals surface area contributed by atoms with Gasteiger partial charge in [-0.3, -0.25) is 14.4 Å². The maximum Gasteiger partial charge on any atom is 0.266 e. The van der Waals surface area contributed by atoms with E-state index >= 15 is 0 Å². The molecule has 5 heteroatoms. The number of piperidine rings is 1. The first-order chi connectivity index (χ1) is 14.1. The average molecular weight is 388 g/mol. The molecule has 2 aliphatic heterocycles. The van der Waals surface area contributed by atoms with Gasteiger partial charge in [0.2, 0.25) is 0 Å². The molecule has 29 heavy (non-hydrogen) atoms. The number of carbonyl (C=O) groups is 3. The fraction of sp³-hybridized carbons (Fsp3) is 0.375. The molecule has 2 aromatic rings. The molecule has 0 N–H and O–H groups in total. The number of fused-ring (bicyclic) bond motifs is 2. The van der Waals surface area contributed by atoms with Crippen molar-refractivity contribution >= 4 is 23.4 Å².